The summed E-state index contributed by atoms with van der Waals surface area (Å²) in [6.45, 7) is 3.47. The molecule has 146 valence electrons. The van der Waals surface area contributed by atoms with E-state index < -0.39 is 26.8 Å². The third-order valence-corrected chi connectivity index (χ3v) is 6.67. The lowest BCUT2D eigenvalue weighted by atomic mass is 10.1. The van der Waals surface area contributed by atoms with Gasteiger partial charge in [0, 0.05) is 6.54 Å². The van der Waals surface area contributed by atoms with Gasteiger partial charge in [0.25, 0.3) is 5.91 Å². The first-order valence-corrected chi connectivity index (χ1v) is 10.2. The smallest absolute Gasteiger partial charge is 0.254 e. The van der Waals surface area contributed by atoms with Gasteiger partial charge in [-0.15, -0.1) is 0 Å². The van der Waals surface area contributed by atoms with E-state index in [1.165, 1.54) is 36.6 Å². The molecule has 0 saturated heterocycles. The quantitative estimate of drug-likeness (QED) is 0.678. The van der Waals surface area contributed by atoms with Crippen LogP contribution in [0.15, 0.2) is 70.2 Å². The van der Waals surface area contributed by atoms with Gasteiger partial charge in [0.1, 0.15) is 16.8 Å². The third kappa shape index (κ3) is 3.99. The summed E-state index contributed by atoms with van der Waals surface area (Å²) in [5, 5.41) is 1.37. The summed E-state index contributed by atoms with van der Waals surface area (Å²) in [5.41, 5.74) is 1.67. The van der Waals surface area contributed by atoms with E-state index in [1.807, 2.05) is 13.8 Å². The minimum Gasteiger partial charge on any atom is -0.468 e. The molecule has 28 heavy (non-hydrogen) atoms. The van der Waals surface area contributed by atoms with Crippen LogP contribution in [-0.4, -0.2) is 20.9 Å². The normalized spacial score (nSPS) is 12.5. The summed E-state index contributed by atoms with van der Waals surface area (Å²) in [7, 11) is -3.85. The Balaban J connectivity index is 1.91. The van der Waals surface area contributed by atoms with Gasteiger partial charge in [-0.05, 0) is 61.4 Å². The molecule has 0 aliphatic rings. The molecule has 0 spiro atoms. The van der Waals surface area contributed by atoms with Crippen molar-refractivity contribution in [3.63, 3.8) is 0 Å². The van der Waals surface area contributed by atoms with Crippen LogP contribution in [0, 0.1) is 19.7 Å². The minimum atomic E-state index is -3.85. The van der Waals surface area contributed by atoms with Gasteiger partial charge in [0.2, 0.25) is 0 Å². The standard InChI is InChI=1S/C21H20FNO4S/c1-14-9-10-16(12-15(14)2)28(25,26)20(19-8-5-11-27-19)13-23-21(24)17-6-3-4-7-18(17)22/h3-12,20H,13H2,1-2H3,(H,23,24)/t20-/m1/s1. The van der Waals surface area contributed by atoms with E-state index in [1.54, 1.807) is 24.3 Å². The van der Waals surface area contributed by atoms with Crippen LogP contribution in [0.3, 0.4) is 0 Å². The SMILES string of the molecule is Cc1ccc(S(=O)(=O)[C@H](CNC(=O)c2ccccc2F)c2ccco2)cc1C. The Morgan fingerprint density at radius 2 is 1.82 bits per heavy atom. The van der Waals surface area contributed by atoms with Crippen molar-refractivity contribution < 1.29 is 22.0 Å². The summed E-state index contributed by atoms with van der Waals surface area (Å²) in [6, 6.07) is 13.5. The summed E-state index contributed by atoms with van der Waals surface area (Å²) in [6.07, 6.45) is 1.37. The highest BCUT2D eigenvalue weighted by Gasteiger charge is 2.32. The predicted octanol–water partition coefficient (Wildman–Crippen LogP) is 3.98. The van der Waals surface area contributed by atoms with Gasteiger partial charge >= 0.3 is 0 Å². The molecule has 5 nitrogen and oxygen atoms in total. The molecule has 1 heterocycles. The Labute approximate surface area is 163 Å². The van der Waals surface area contributed by atoms with Gasteiger partial charge in [-0.2, -0.15) is 0 Å². The van der Waals surface area contributed by atoms with Gasteiger partial charge in [0.15, 0.2) is 9.84 Å². The van der Waals surface area contributed by atoms with Crippen molar-refractivity contribution in [2.24, 2.45) is 0 Å². The van der Waals surface area contributed by atoms with Gasteiger partial charge in [0.05, 0.1) is 16.7 Å². The number of halogens is 1. The molecule has 0 radical (unpaired) electrons. The highest BCUT2D eigenvalue weighted by atomic mass is 32.2. The zero-order valence-electron chi connectivity index (χ0n) is 15.5. The van der Waals surface area contributed by atoms with E-state index >= 15 is 0 Å². The van der Waals surface area contributed by atoms with E-state index in [2.05, 4.69) is 5.32 Å². The number of hydrogen-bond acceptors (Lipinski definition) is 4. The molecule has 1 N–H and O–H groups in total. The van der Waals surface area contributed by atoms with E-state index in [-0.39, 0.29) is 22.8 Å². The lowest BCUT2D eigenvalue weighted by molar-refractivity contribution is 0.0949. The van der Waals surface area contributed by atoms with Crippen LogP contribution in [0.25, 0.3) is 0 Å². The van der Waals surface area contributed by atoms with Crippen molar-refractivity contribution in [1.82, 2.24) is 5.32 Å². The maximum absolute atomic E-state index is 13.8. The molecule has 0 saturated carbocycles. The van der Waals surface area contributed by atoms with Crippen molar-refractivity contribution in [2.75, 3.05) is 6.54 Å². The Morgan fingerprint density at radius 3 is 2.46 bits per heavy atom. The number of furan rings is 1. The number of aryl methyl sites for hydroxylation is 2. The summed E-state index contributed by atoms with van der Waals surface area (Å²) >= 11 is 0. The Kier molecular flexibility index (Phi) is 5.65. The van der Waals surface area contributed by atoms with E-state index in [0.29, 0.717) is 0 Å². The molecule has 0 aliphatic carbocycles. The second-order valence-corrected chi connectivity index (χ2v) is 8.62. The molecule has 3 rings (SSSR count). The molecule has 1 amide bonds. The number of benzene rings is 2. The molecule has 1 aromatic heterocycles. The first kappa shape index (κ1) is 19.8. The molecule has 2 aromatic carbocycles. The average molecular weight is 401 g/mol. The molecular formula is C21H20FNO4S. The zero-order chi connectivity index (χ0) is 20.3. The first-order chi connectivity index (χ1) is 13.3. The number of hydrogen-bond donors (Lipinski definition) is 1. The van der Waals surface area contributed by atoms with E-state index in [0.717, 1.165) is 11.1 Å². The molecule has 0 fully saturated rings. The number of nitrogens with one attached hydrogen (secondary N) is 1. The zero-order valence-corrected chi connectivity index (χ0v) is 16.3. The summed E-state index contributed by atoms with van der Waals surface area (Å²) in [5.74, 6) is -1.16. The average Bonchev–Trinajstić information content (AvgIpc) is 3.18. The molecule has 0 bridgehead atoms. The first-order valence-electron chi connectivity index (χ1n) is 8.68. The van der Waals surface area contributed by atoms with E-state index in [9.17, 15) is 17.6 Å². The van der Waals surface area contributed by atoms with Crippen molar-refractivity contribution >= 4 is 15.7 Å². The van der Waals surface area contributed by atoms with Crippen LogP contribution < -0.4 is 5.32 Å². The van der Waals surface area contributed by atoms with Crippen LogP contribution in [0.4, 0.5) is 4.39 Å². The molecular weight excluding hydrogens is 381 g/mol. The number of carbonyl (C=O) groups excluding carboxylic acids is 1. The van der Waals surface area contributed by atoms with Crippen molar-refractivity contribution in [3.05, 3.63) is 89.1 Å². The Hall–Kier alpha value is -2.93. The molecule has 0 unspecified atom stereocenters. The fraction of sp³-hybridized carbons (Fsp3) is 0.190. The highest BCUT2D eigenvalue weighted by molar-refractivity contribution is 7.91. The minimum absolute atomic E-state index is 0.136. The second-order valence-electron chi connectivity index (χ2n) is 6.49. The fourth-order valence-corrected chi connectivity index (χ4v) is 4.49. The third-order valence-electron chi connectivity index (χ3n) is 4.61. The van der Waals surface area contributed by atoms with Crippen LogP contribution in [0.2, 0.25) is 0 Å². The fourth-order valence-electron chi connectivity index (χ4n) is 2.82. The van der Waals surface area contributed by atoms with Gasteiger partial charge < -0.3 is 9.73 Å². The topological polar surface area (TPSA) is 76.4 Å². The monoisotopic (exact) mass is 401 g/mol. The number of sulfone groups is 1. The van der Waals surface area contributed by atoms with Gasteiger partial charge in [-0.25, -0.2) is 12.8 Å². The number of rotatable bonds is 6. The van der Waals surface area contributed by atoms with Crippen LogP contribution >= 0.6 is 0 Å². The van der Waals surface area contributed by atoms with Gasteiger partial charge in [-0.3, -0.25) is 4.79 Å². The maximum Gasteiger partial charge on any atom is 0.254 e. The van der Waals surface area contributed by atoms with Crippen molar-refractivity contribution in [3.8, 4) is 0 Å². The van der Waals surface area contributed by atoms with E-state index in [4.69, 9.17) is 4.42 Å². The lowest BCUT2D eigenvalue weighted by Crippen LogP contribution is -2.32. The highest BCUT2D eigenvalue weighted by Crippen LogP contribution is 2.30. The number of carbonyl (C=O) groups is 1. The largest absolute Gasteiger partial charge is 0.468 e. The van der Waals surface area contributed by atoms with Crippen LogP contribution in [0.5, 0.6) is 0 Å². The molecule has 0 aliphatic heterocycles. The summed E-state index contributed by atoms with van der Waals surface area (Å²) in [4.78, 5) is 12.5. The predicted molar refractivity (Wildman–Crippen MR) is 103 cm³/mol. The second kappa shape index (κ2) is 7.98. The maximum atomic E-state index is 13.8. The molecule has 3 aromatic rings. The Morgan fingerprint density at radius 1 is 1.07 bits per heavy atom. The van der Waals surface area contributed by atoms with Gasteiger partial charge in [-0.1, -0.05) is 18.2 Å². The van der Waals surface area contributed by atoms with Crippen molar-refractivity contribution in [2.45, 2.75) is 24.0 Å². The van der Waals surface area contributed by atoms with Crippen LogP contribution in [-0.2, 0) is 9.84 Å². The lowest BCUT2D eigenvalue weighted by Gasteiger charge is -2.17. The Bertz CT molecular complexity index is 1090. The summed E-state index contributed by atoms with van der Waals surface area (Å²) < 4.78 is 45.6. The van der Waals surface area contributed by atoms with Crippen LogP contribution in [0.1, 0.15) is 32.5 Å². The number of amides is 1. The molecule has 7 heteroatoms. The van der Waals surface area contributed by atoms with Crippen molar-refractivity contribution in [1.29, 1.82) is 0 Å². The molecule has 1 atom stereocenters.